The van der Waals surface area contributed by atoms with E-state index in [2.05, 4.69) is 4.85 Å². The van der Waals surface area contributed by atoms with E-state index in [1.165, 1.54) is 0 Å². The Kier molecular flexibility index (Phi) is 11.9. The van der Waals surface area contributed by atoms with E-state index in [0.717, 1.165) is 0 Å². The molecule has 0 saturated carbocycles. The summed E-state index contributed by atoms with van der Waals surface area (Å²) in [5.74, 6) is -0.0123. The highest BCUT2D eigenvalue weighted by atomic mass is 16.1. The lowest BCUT2D eigenvalue weighted by molar-refractivity contribution is -0.127. The molecule has 0 spiro atoms. The van der Waals surface area contributed by atoms with Gasteiger partial charge in [0.25, 0.3) is 6.54 Å². The van der Waals surface area contributed by atoms with Crippen molar-refractivity contribution in [2.45, 2.75) is 91.9 Å². The molecular formula is C23H34N2O4. The van der Waals surface area contributed by atoms with Gasteiger partial charge in [-0.1, -0.05) is 27.7 Å². The number of carbonyl (C=O) groups is 4. The molecule has 0 saturated heterocycles. The van der Waals surface area contributed by atoms with Gasteiger partial charge in [0.15, 0.2) is 5.78 Å². The molecule has 6 nitrogen and oxygen atoms in total. The molecule has 0 amide bonds. The molecule has 0 unspecified atom stereocenters. The van der Waals surface area contributed by atoms with Gasteiger partial charge in [-0.25, -0.2) is 6.57 Å². The van der Waals surface area contributed by atoms with Gasteiger partial charge in [0.1, 0.15) is 11.6 Å². The molecule has 0 aromatic heterocycles. The lowest BCUT2D eigenvalue weighted by atomic mass is 9.81. The largest absolute Gasteiger partial charge is 0.309 e. The van der Waals surface area contributed by atoms with Crippen molar-refractivity contribution in [1.29, 1.82) is 5.26 Å². The van der Waals surface area contributed by atoms with Crippen molar-refractivity contribution in [2.75, 3.05) is 6.54 Å². The topological polar surface area (TPSA) is 96.4 Å². The minimum absolute atomic E-state index is 0.0900. The first-order valence-corrected chi connectivity index (χ1v) is 10.3. The number of carbonyl (C=O) groups excluding carboxylic acids is 4. The van der Waals surface area contributed by atoms with E-state index in [1.54, 1.807) is 27.7 Å². The smallest absolute Gasteiger partial charge is 0.272 e. The molecule has 0 heterocycles. The van der Waals surface area contributed by atoms with Gasteiger partial charge < -0.3 is 4.85 Å². The SMILES string of the molecule is [C-]#[N+]CC(=O)C(C)(C)CCCC(=O)CCCC(=O)CCCC(C)(C)C(=O)CC#N. The number of hydrogen-bond acceptors (Lipinski definition) is 5. The van der Waals surface area contributed by atoms with Crippen LogP contribution in [0.1, 0.15) is 91.9 Å². The molecule has 0 rings (SSSR count). The van der Waals surface area contributed by atoms with Gasteiger partial charge in [0, 0.05) is 36.5 Å². The van der Waals surface area contributed by atoms with Crippen molar-refractivity contribution < 1.29 is 19.2 Å². The summed E-state index contributed by atoms with van der Waals surface area (Å²) in [6.07, 6.45) is 4.25. The number of rotatable bonds is 16. The Labute approximate surface area is 174 Å². The summed E-state index contributed by atoms with van der Waals surface area (Å²) < 4.78 is 0. The third-order valence-corrected chi connectivity index (χ3v) is 5.40. The Balaban J connectivity index is 4.01. The Morgan fingerprint density at radius 2 is 1.21 bits per heavy atom. The van der Waals surface area contributed by atoms with Gasteiger partial charge in [-0.15, -0.1) is 0 Å². The van der Waals surface area contributed by atoms with Crippen LogP contribution in [0.4, 0.5) is 0 Å². The Morgan fingerprint density at radius 1 is 0.793 bits per heavy atom. The average Bonchev–Trinajstić information content (AvgIpc) is 2.61. The maximum Gasteiger partial charge on any atom is 0.272 e. The van der Waals surface area contributed by atoms with Crippen LogP contribution in [-0.2, 0) is 19.2 Å². The minimum Gasteiger partial charge on any atom is -0.309 e. The predicted octanol–water partition coefficient (Wildman–Crippen LogP) is 4.66. The summed E-state index contributed by atoms with van der Waals surface area (Å²) in [5.41, 5.74) is -1.17. The van der Waals surface area contributed by atoms with Gasteiger partial charge in [-0.2, -0.15) is 5.26 Å². The summed E-state index contributed by atoms with van der Waals surface area (Å²) in [5, 5.41) is 8.62. The highest BCUT2D eigenvalue weighted by Crippen LogP contribution is 2.26. The van der Waals surface area contributed by atoms with E-state index in [4.69, 9.17) is 11.8 Å². The first kappa shape index (κ1) is 26.7. The van der Waals surface area contributed by atoms with Gasteiger partial charge in [0.2, 0.25) is 5.78 Å². The van der Waals surface area contributed by atoms with Gasteiger partial charge in [0.05, 0.1) is 12.5 Å². The molecule has 0 aliphatic heterocycles. The second-order valence-electron chi connectivity index (χ2n) is 8.90. The monoisotopic (exact) mass is 402 g/mol. The third kappa shape index (κ3) is 11.3. The van der Waals surface area contributed by atoms with Crippen LogP contribution in [0.2, 0.25) is 0 Å². The second kappa shape index (κ2) is 13.0. The van der Waals surface area contributed by atoms with Crippen molar-refractivity contribution in [3.8, 4) is 6.07 Å². The maximum atomic E-state index is 12.0. The van der Waals surface area contributed by atoms with Crippen LogP contribution in [0.25, 0.3) is 4.85 Å². The summed E-state index contributed by atoms with van der Waals surface area (Å²) in [6.45, 7) is 13.9. The first-order valence-electron chi connectivity index (χ1n) is 10.3. The second-order valence-corrected chi connectivity index (χ2v) is 8.90. The van der Waals surface area contributed by atoms with E-state index < -0.39 is 10.8 Å². The molecule has 160 valence electrons. The fraction of sp³-hybridized carbons (Fsp3) is 0.739. The molecule has 0 aromatic carbocycles. The van der Waals surface area contributed by atoms with Gasteiger partial charge >= 0.3 is 0 Å². The first-order chi connectivity index (χ1) is 13.5. The molecule has 0 aromatic rings. The number of nitrogens with zero attached hydrogens (tertiary/aromatic N) is 2. The summed E-state index contributed by atoms with van der Waals surface area (Å²) in [6, 6.07) is 1.87. The highest BCUT2D eigenvalue weighted by Gasteiger charge is 2.29. The molecule has 0 radical (unpaired) electrons. The summed E-state index contributed by atoms with van der Waals surface area (Å²) in [7, 11) is 0. The fourth-order valence-corrected chi connectivity index (χ4v) is 3.06. The quantitative estimate of drug-likeness (QED) is 0.350. The molecule has 0 fully saturated rings. The summed E-state index contributed by atoms with van der Waals surface area (Å²) in [4.78, 5) is 50.7. The zero-order valence-corrected chi connectivity index (χ0v) is 18.3. The number of hydrogen-bond donors (Lipinski definition) is 0. The maximum absolute atomic E-state index is 12.0. The van der Waals surface area contributed by atoms with Crippen molar-refractivity contribution in [3.63, 3.8) is 0 Å². The zero-order valence-electron chi connectivity index (χ0n) is 18.3. The Hall–Kier alpha value is -2.34. The molecule has 0 aliphatic carbocycles. The molecule has 29 heavy (non-hydrogen) atoms. The predicted molar refractivity (Wildman–Crippen MR) is 111 cm³/mol. The van der Waals surface area contributed by atoms with Crippen molar-refractivity contribution >= 4 is 23.1 Å². The fourth-order valence-electron chi connectivity index (χ4n) is 3.06. The zero-order chi connectivity index (χ0) is 22.5. The minimum atomic E-state index is -0.587. The van der Waals surface area contributed by atoms with E-state index in [9.17, 15) is 19.2 Å². The van der Waals surface area contributed by atoms with Crippen LogP contribution >= 0.6 is 0 Å². The number of ketones is 4. The van der Waals surface area contributed by atoms with Crippen molar-refractivity contribution in [1.82, 2.24) is 0 Å². The molecule has 0 atom stereocenters. The highest BCUT2D eigenvalue weighted by molar-refractivity contribution is 5.87. The van der Waals surface area contributed by atoms with Crippen molar-refractivity contribution in [2.24, 2.45) is 10.8 Å². The van der Waals surface area contributed by atoms with Crippen LogP contribution in [0.5, 0.6) is 0 Å². The Bertz CT molecular complexity index is 620. The van der Waals surface area contributed by atoms with Gasteiger partial charge in [-0.3, -0.25) is 19.2 Å². The van der Waals surface area contributed by atoms with Crippen LogP contribution < -0.4 is 0 Å². The Morgan fingerprint density at radius 3 is 1.62 bits per heavy atom. The number of nitriles is 1. The van der Waals surface area contributed by atoms with E-state index in [0.29, 0.717) is 57.8 Å². The molecular weight excluding hydrogens is 368 g/mol. The molecule has 0 aliphatic rings. The molecule has 0 N–H and O–H groups in total. The average molecular weight is 403 g/mol. The van der Waals surface area contributed by atoms with Crippen LogP contribution in [-0.4, -0.2) is 29.7 Å². The van der Waals surface area contributed by atoms with Crippen LogP contribution in [0.15, 0.2) is 0 Å². The van der Waals surface area contributed by atoms with E-state index in [1.807, 2.05) is 6.07 Å². The van der Waals surface area contributed by atoms with Gasteiger partial charge in [-0.05, 0) is 32.1 Å². The van der Waals surface area contributed by atoms with Crippen molar-refractivity contribution in [3.05, 3.63) is 11.4 Å². The van der Waals surface area contributed by atoms with Crippen LogP contribution in [0, 0.1) is 28.7 Å². The van der Waals surface area contributed by atoms with Crippen LogP contribution in [0.3, 0.4) is 0 Å². The molecule has 0 bridgehead atoms. The lowest BCUT2D eigenvalue weighted by Crippen LogP contribution is -2.26. The van der Waals surface area contributed by atoms with E-state index >= 15 is 0 Å². The standard InChI is InChI=1S/C23H34N2O4/c1-22(2,20(28)13-16-24)14-7-11-18(26)9-6-10-19(27)12-8-15-23(3,4)21(29)17-25-5/h6-15,17H2,1-4H3. The normalized spacial score (nSPS) is 11.4. The third-order valence-electron chi connectivity index (χ3n) is 5.40. The lowest BCUT2D eigenvalue weighted by Gasteiger charge is -2.21. The van der Waals surface area contributed by atoms with E-state index in [-0.39, 0.29) is 36.1 Å². The number of Topliss-reactive ketones (excluding diaryl/α,β-unsaturated/α-hetero) is 4. The molecule has 6 heteroatoms. The summed E-state index contributed by atoms with van der Waals surface area (Å²) >= 11 is 0.